The lowest BCUT2D eigenvalue weighted by Gasteiger charge is -2.25. The van der Waals surface area contributed by atoms with E-state index in [2.05, 4.69) is 48.5 Å². The number of H-pyrrole nitrogens is 2. The zero-order chi connectivity index (χ0) is 26.0. The van der Waals surface area contributed by atoms with E-state index in [9.17, 15) is 24.3 Å². The molecule has 13 nitrogen and oxygen atoms in total. The summed E-state index contributed by atoms with van der Waals surface area (Å²) in [6, 6.07) is -4.29. The van der Waals surface area contributed by atoms with Gasteiger partial charge in [0.15, 0.2) is 0 Å². The van der Waals surface area contributed by atoms with Gasteiger partial charge in [-0.05, 0) is 12.3 Å². The summed E-state index contributed by atoms with van der Waals surface area (Å²) in [5.74, 6) is -3.11. The van der Waals surface area contributed by atoms with Crippen LogP contribution in [0.3, 0.4) is 0 Å². The molecule has 0 saturated carbocycles. The summed E-state index contributed by atoms with van der Waals surface area (Å²) in [6.45, 7) is 3.85. The van der Waals surface area contributed by atoms with Gasteiger partial charge in [0, 0.05) is 42.4 Å². The molecule has 8 N–H and O–H groups in total. The number of nitrogens with two attached hydrogens (primary N) is 1. The Morgan fingerprint density at radius 2 is 1.37 bits per heavy atom. The number of rotatable bonds is 14. The van der Waals surface area contributed by atoms with E-state index in [1.807, 2.05) is 13.8 Å². The number of carboxylic acid groups (broad SMARTS) is 1. The van der Waals surface area contributed by atoms with Crippen molar-refractivity contribution in [1.82, 2.24) is 35.9 Å². The third-order valence-corrected chi connectivity index (χ3v) is 5.45. The summed E-state index contributed by atoms with van der Waals surface area (Å²) >= 11 is 3.95. The minimum atomic E-state index is -1.26. The number of aromatic nitrogens is 4. The first-order valence-corrected chi connectivity index (χ1v) is 11.7. The van der Waals surface area contributed by atoms with Gasteiger partial charge in [-0.2, -0.15) is 12.6 Å². The number of carboxylic acids is 1. The smallest absolute Gasteiger partial charge is 0.327 e. The molecule has 0 radical (unpaired) electrons. The van der Waals surface area contributed by atoms with Crippen molar-refractivity contribution in [2.45, 2.75) is 57.3 Å². The normalized spacial score (nSPS) is 14.5. The maximum atomic E-state index is 13.2. The Labute approximate surface area is 207 Å². The standard InChI is InChI=1S/C21H32N8O5S/c1-11(2)3-14(22)18(30)27-15(4-12-6-23-9-25-12)19(31)28-16(5-13-7-24-10-26-13)20(32)29-17(8-35)21(33)34/h6-7,9-11,14-17,35H,3-5,8,22H2,1-2H3,(H,23,25)(H,24,26)(H,27,30)(H,28,31)(H,29,32)(H,33,34). The van der Waals surface area contributed by atoms with Crippen LogP contribution in [0.15, 0.2) is 25.0 Å². The molecule has 2 aromatic rings. The molecule has 0 aliphatic rings. The average molecular weight is 509 g/mol. The van der Waals surface area contributed by atoms with Gasteiger partial charge in [0.05, 0.1) is 18.7 Å². The molecule has 192 valence electrons. The molecular weight excluding hydrogens is 476 g/mol. The second-order valence-corrected chi connectivity index (χ2v) is 8.87. The number of carbonyl (C=O) groups is 4. The van der Waals surface area contributed by atoms with Gasteiger partial charge in [-0.25, -0.2) is 14.8 Å². The Morgan fingerprint density at radius 1 is 0.914 bits per heavy atom. The molecular formula is C21H32N8O5S. The Morgan fingerprint density at radius 3 is 1.74 bits per heavy atom. The summed E-state index contributed by atoms with van der Waals surface area (Å²) < 4.78 is 0. The second kappa shape index (κ2) is 13.5. The van der Waals surface area contributed by atoms with Crippen LogP contribution < -0.4 is 21.7 Å². The van der Waals surface area contributed by atoms with Crippen molar-refractivity contribution >= 4 is 36.3 Å². The summed E-state index contributed by atoms with van der Waals surface area (Å²) in [5, 5.41) is 16.9. The fourth-order valence-electron chi connectivity index (χ4n) is 3.27. The van der Waals surface area contributed by atoms with Crippen LogP contribution in [0.5, 0.6) is 0 Å². The van der Waals surface area contributed by atoms with Crippen LogP contribution in [0.2, 0.25) is 0 Å². The monoisotopic (exact) mass is 508 g/mol. The quantitative estimate of drug-likeness (QED) is 0.144. The average Bonchev–Trinajstić information content (AvgIpc) is 3.49. The predicted octanol–water partition coefficient (Wildman–Crippen LogP) is -1.24. The molecule has 3 amide bonds. The van der Waals surface area contributed by atoms with Crippen molar-refractivity contribution < 1.29 is 24.3 Å². The zero-order valence-electron chi connectivity index (χ0n) is 19.5. The van der Waals surface area contributed by atoms with Crippen LogP contribution >= 0.6 is 12.6 Å². The van der Waals surface area contributed by atoms with Gasteiger partial charge in [0.2, 0.25) is 17.7 Å². The van der Waals surface area contributed by atoms with E-state index in [-0.39, 0.29) is 24.5 Å². The van der Waals surface area contributed by atoms with Gasteiger partial charge in [-0.15, -0.1) is 0 Å². The van der Waals surface area contributed by atoms with Crippen molar-refractivity contribution in [3.63, 3.8) is 0 Å². The fraction of sp³-hybridized carbons (Fsp3) is 0.524. The lowest BCUT2D eigenvalue weighted by molar-refractivity contribution is -0.141. The Balaban J connectivity index is 2.21. The number of thiol groups is 1. The molecule has 0 aliphatic heterocycles. The predicted molar refractivity (Wildman–Crippen MR) is 129 cm³/mol. The van der Waals surface area contributed by atoms with E-state index in [0.717, 1.165) is 0 Å². The van der Waals surface area contributed by atoms with Crippen LogP contribution in [-0.2, 0) is 32.0 Å². The van der Waals surface area contributed by atoms with E-state index < -0.39 is 47.9 Å². The van der Waals surface area contributed by atoms with Crippen molar-refractivity contribution in [3.8, 4) is 0 Å². The van der Waals surface area contributed by atoms with E-state index >= 15 is 0 Å². The minimum absolute atomic E-state index is 0.00801. The first-order valence-electron chi connectivity index (χ1n) is 11.1. The molecule has 0 aromatic carbocycles. The first-order chi connectivity index (χ1) is 16.6. The SMILES string of the molecule is CC(C)CC(N)C(=O)NC(Cc1cnc[nH]1)C(=O)NC(Cc1cnc[nH]1)C(=O)NC(CS)C(=O)O. The maximum absolute atomic E-state index is 13.2. The van der Waals surface area contributed by atoms with Crippen molar-refractivity contribution in [1.29, 1.82) is 0 Å². The lowest BCUT2D eigenvalue weighted by Crippen LogP contribution is -2.58. The molecule has 4 unspecified atom stereocenters. The van der Waals surface area contributed by atoms with Crippen LogP contribution in [-0.4, -0.2) is 78.7 Å². The summed E-state index contributed by atoms with van der Waals surface area (Å²) in [5.41, 5.74) is 7.10. The number of carbonyl (C=O) groups excluding carboxylic acids is 3. The van der Waals surface area contributed by atoms with Crippen molar-refractivity contribution in [3.05, 3.63) is 36.4 Å². The van der Waals surface area contributed by atoms with Crippen LogP contribution in [0.4, 0.5) is 0 Å². The van der Waals surface area contributed by atoms with Gasteiger partial charge in [-0.1, -0.05) is 13.8 Å². The number of hydrogen-bond donors (Lipinski definition) is 8. The topological polar surface area (TPSA) is 208 Å². The number of amides is 3. The molecule has 0 aliphatic carbocycles. The number of aromatic amines is 2. The Hall–Kier alpha value is -3.39. The second-order valence-electron chi connectivity index (χ2n) is 8.50. The summed E-state index contributed by atoms with van der Waals surface area (Å²) in [6.07, 6.45) is 6.35. The molecule has 0 saturated heterocycles. The molecule has 14 heteroatoms. The van der Waals surface area contributed by atoms with Crippen LogP contribution in [0.1, 0.15) is 31.7 Å². The van der Waals surface area contributed by atoms with Crippen LogP contribution in [0, 0.1) is 5.92 Å². The summed E-state index contributed by atoms with van der Waals surface area (Å²) in [7, 11) is 0. The zero-order valence-corrected chi connectivity index (χ0v) is 20.4. The molecule has 0 bridgehead atoms. The highest BCUT2D eigenvalue weighted by Gasteiger charge is 2.31. The molecule has 4 atom stereocenters. The molecule has 2 heterocycles. The maximum Gasteiger partial charge on any atom is 0.327 e. The molecule has 0 fully saturated rings. The van der Waals surface area contributed by atoms with Crippen LogP contribution in [0.25, 0.3) is 0 Å². The fourth-order valence-corrected chi connectivity index (χ4v) is 3.52. The van der Waals surface area contributed by atoms with Gasteiger partial charge >= 0.3 is 5.97 Å². The number of nitrogens with one attached hydrogen (secondary N) is 5. The number of hydrogen-bond acceptors (Lipinski definition) is 8. The first kappa shape index (κ1) is 27.9. The van der Waals surface area contributed by atoms with Gasteiger partial charge < -0.3 is 36.8 Å². The molecule has 35 heavy (non-hydrogen) atoms. The highest BCUT2D eigenvalue weighted by molar-refractivity contribution is 7.80. The van der Waals surface area contributed by atoms with Gasteiger partial charge in [0.25, 0.3) is 0 Å². The van der Waals surface area contributed by atoms with Crippen molar-refractivity contribution in [2.75, 3.05) is 5.75 Å². The minimum Gasteiger partial charge on any atom is -0.480 e. The summed E-state index contributed by atoms with van der Waals surface area (Å²) in [4.78, 5) is 63.7. The van der Waals surface area contributed by atoms with E-state index in [1.165, 1.54) is 25.0 Å². The largest absolute Gasteiger partial charge is 0.480 e. The van der Waals surface area contributed by atoms with Gasteiger partial charge in [0.1, 0.15) is 18.1 Å². The van der Waals surface area contributed by atoms with E-state index in [4.69, 9.17) is 5.73 Å². The number of aliphatic carboxylic acids is 1. The Bertz CT molecular complexity index is 967. The van der Waals surface area contributed by atoms with E-state index in [1.54, 1.807) is 0 Å². The highest BCUT2D eigenvalue weighted by atomic mass is 32.1. The number of nitrogens with zero attached hydrogens (tertiary/aromatic N) is 2. The third-order valence-electron chi connectivity index (χ3n) is 5.08. The van der Waals surface area contributed by atoms with E-state index in [0.29, 0.717) is 17.8 Å². The molecule has 2 aromatic heterocycles. The lowest BCUT2D eigenvalue weighted by atomic mass is 10.0. The highest BCUT2D eigenvalue weighted by Crippen LogP contribution is 2.06. The molecule has 0 spiro atoms. The van der Waals surface area contributed by atoms with Gasteiger partial charge in [-0.3, -0.25) is 14.4 Å². The third kappa shape index (κ3) is 9.05. The van der Waals surface area contributed by atoms with Crippen molar-refractivity contribution in [2.24, 2.45) is 11.7 Å². The Kier molecular flexibility index (Phi) is 10.7. The number of imidazole rings is 2. The molecule has 2 rings (SSSR count).